The minimum atomic E-state index is -0.425. The number of ether oxygens (including phenoxy) is 1. The molecular formula is C17H20O2. The zero-order valence-corrected chi connectivity index (χ0v) is 11.5. The molecule has 0 saturated heterocycles. The summed E-state index contributed by atoms with van der Waals surface area (Å²) in [6, 6.07) is 16.0. The summed E-state index contributed by atoms with van der Waals surface area (Å²) < 4.78 is 5.11. The average molecular weight is 256 g/mol. The first-order valence-corrected chi connectivity index (χ1v) is 6.56. The minimum Gasteiger partial charge on any atom is -0.497 e. The SMILES string of the molecule is COc1ccc(C(O)CCc2cccc(C)c2)cc1. The summed E-state index contributed by atoms with van der Waals surface area (Å²) >= 11 is 0. The monoisotopic (exact) mass is 256 g/mol. The lowest BCUT2D eigenvalue weighted by molar-refractivity contribution is 0.168. The van der Waals surface area contributed by atoms with Crippen molar-refractivity contribution >= 4 is 0 Å². The van der Waals surface area contributed by atoms with Crippen LogP contribution in [0.15, 0.2) is 48.5 Å². The number of benzene rings is 2. The van der Waals surface area contributed by atoms with E-state index in [4.69, 9.17) is 4.74 Å². The van der Waals surface area contributed by atoms with E-state index in [0.717, 1.165) is 24.2 Å². The number of methoxy groups -OCH3 is 1. The molecule has 19 heavy (non-hydrogen) atoms. The van der Waals surface area contributed by atoms with Crippen LogP contribution < -0.4 is 4.74 Å². The van der Waals surface area contributed by atoms with E-state index in [-0.39, 0.29) is 0 Å². The van der Waals surface area contributed by atoms with Crippen LogP contribution in [0.1, 0.15) is 29.2 Å². The van der Waals surface area contributed by atoms with E-state index in [0.29, 0.717) is 0 Å². The second-order valence-electron chi connectivity index (χ2n) is 4.82. The van der Waals surface area contributed by atoms with E-state index in [1.54, 1.807) is 7.11 Å². The van der Waals surface area contributed by atoms with Crippen molar-refractivity contribution in [2.75, 3.05) is 7.11 Å². The first-order chi connectivity index (χ1) is 9.19. The van der Waals surface area contributed by atoms with E-state index < -0.39 is 6.10 Å². The largest absolute Gasteiger partial charge is 0.497 e. The van der Waals surface area contributed by atoms with Crippen LogP contribution in [0.3, 0.4) is 0 Å². The molecule has 0 aliphatic heterocycles. The van der Waals surface area contributed by atoms with Crippen LogP contribution in [-0.4, -0.2) is 12.2 Å². The average Bonchev–Trinajstić information content (AvgIpc) is 2.45. The Hall–Kier alpha value is -1.80. The molecule has 2 rings (SSSR count). The lowest BCUT2D eigenvalue weighted by Gasteiger charge is -2.12. The highest BCUT2D eigenvalue weighted by atomic mass is 16.5. The summed E-state index contributed by atoms with van der Waals surface area (Å²) in [5.41, 5.74) is 3.47. The minimum absolute atomic E-state index is 0.425. The van der Waals surface area contributed by atoms with Gasteiger partial charge in [-0.3, -0.25) is 0 Å². The summed E-state index contributed by atoms with van der Waals surface area (Å²) in [5, 5.41) is 10.2. The highest BCUT2D eigenvalue weighted by Crippen LogP contribution is 2.21. The van der Waals surface area contributed by atoms with Crippen molar-refractivity contribution in [3.8, 4) is 5.75 Å². The zero-order valence-electron chi connectivity index (χ0n) is 11.5. The third kappa shape index (κ3) is 3.83. The van der Waals surface area contributed by atoms with Crippen LogP contribution in [0.25, 0.3) is 0 Å². The standard InChI is InChI=1S/C17H20O2/c1-13-4-3-5-14(12-13)6-11-17(18)15-7-9-16(19-2)10-8-15/h3-5,7-10,12,17-18H,6,11H2,1-2H3. The molecule has 0 saturated carbocycles. The molecule has 0 fully saturated rings. The number of aliphatic hydroxyl groups excluding tert-OH is 1. The summed E-state index contributed by atoms with van der Waals surface area (Å²) in [7, 11) is 1.64. The van der Waals surface area contributed by atoms with Gasteiger partial charge in [-0.15, -0.1) is 0 Å². The highest BCUT2D eigenvalue weighted by molar-refractivity contribution is 5.29. The van der Waals surface area contributed by atoms with Gasteiger partial charge in [-0.1, -0.05) is 42.0 Å². The molecule has 1 N–H and O–H groups in total. The first kappa shape index (κ1) is 13.6. The Bertz CT molecular complexity index is 517. The van der Waals surface area contributed by atoms with Gasteiger partial charge in [0.05, 0.1) is 13.2 Å². The summed E-state index contributed by atoms with van der Waals surface area (Å²) in [6.45, 7) is 2.09. The molecule has 0 aliphatic rings. The van der Waals surface area contributed by atoms with Gasteiger partial charge in [0, 0.05) is 0 Å². The summed E-state index contributed by atoms with van der Waals surface area (Å²) in [4.78, 5) is 0. The maximum absolute atomic E-state index is 10.2. The maximum atomic E-state index is 10.2. The van der Waals surface area contributed by atoms with Crippen LogP contribution in [-0.2, 0) is 6.42 Å². The molecule has 0 spiro atoms. The molecule has 2 aromatic carbocycles. The lowest BCUT2D eigenvalue weighted by Crippen LogP contribution is -2.00. The van der Waals surface area contributed by atoms with Crippen LogP contribution >= 0.6 is 0 Å². The second kappa shape index (κ2) is 6.39. The molecule has 0 bridgehead atoms. The van der Waals surface area contributed by atoms with Crippen LogP contribution in [0.5, 0.6) is 5.75 Å². The third-order valence-electron chi connectivity index (χ3n) is 3.29. The first-order valence-electron chi connectivity index (χ1n) is 6.56. The van der Waals surface area contributed by atoms with Crippen molar-refractivity contribution < 1.29 is 9.84 Å². The fourth-order valence-corrected chi connectivity index (χ4v) is 2.16. The van der Waals surface area contributed by atoms with E-state index >= 15 is 0 Å². The Morgan fingerprint density at radius 3 is 2.47 bits per heavy atom. The Balaban J connectivity index is 1.95. The number of hydrogen-bond acceptors (Lipinski definition) is 2. The Morgan fingerprint density at radius 2 is 1.84 bits per heavy atom. The quantitative estimate of drug-likeness (QED) is 0.884. The van der Waals surface area contributed by atoms with Crippen LogP contribution in [0.4, 0.5) is 0 Å². The second-order valence-corrected chi connectivity index (χ2v) is 4.82. The van der Waals surface area contributed by atoms with Gasteiger partial charge in [0.1, 0.15) is 5.75 Å². The molecule has 100 valence electrons. The fourth-order valence-electron chi connectivity index (χ4n) is 2.16. The Kier molecular flexibility index (Phi) is 4.58. The molecule has 0 amide bonds. The van der Waals surface area contributed by atoms with Crippen molar-refractivity contribution in [3.63, 3.8) is 0 Å². The van der Waals surface area contributed by atoms with Crippen LogP contribution in [0, 0.1) is 6.92 Å². The number of rotatable bonds is 5. The molecule has 0 radical (unpaired) electrons. The highest BCUT2D eigenvalue weighted by Gasteiger charge is 2.07. The van der Waals surface area contributed by atoms with Gasteiger partial charge in [0.25, 0.3) is 0 Å². The normalized spacial score (nSPS) is 12.2. The number of aryl methyl sites for hydroxylation is 2. The van der Waals surface area contributed by atoms with E-state index in [9.17, 15) is 5.11 Å². The molecule has 1 atom stereocenters. The molecule has 0 aromatic heterocycles. The molecular weight excluding hydrogens is 236 g/mol. The van der Waals surface area contributed by atoms with Crippen molar-refractivity contribution in [3.05, 3.63) is 65.2 Å². The van der Waals surface area contributed by atoms with E-state index in [2.05, 4.69) is 31.2 Å². The van der Waals surface area contributed by atoms with E-state index in [1.165, 1.54) is 11.1 Å². The smallest absolute Gasteiger partial charge is 0.118 e. The Morgan fingerprint density at radius 1 is 1.11 bits per heavy atom. The Labute approximate surface area is 114 Å². The van der Waals surface area contributed by atoms with Gasteiger partial charge in [-0.2, -0.15) is 0 Å². The van der Waals surface area contributed by atoms with E-state index in [1.807, 2.05) is 24.3 Å². The van der Waals surface area contributed by atoms with Gasteiger partial charge >= 0.3 is 0 Å². The van der Waals surface area contributed by atoms with Crippen molar-refractivity contribution in [1.82, 2.24) is 0 Å². The maximum Gasteiger partial charge on any atom is 0.118 e. The zero-order chi connectivity index (χ0) is 13.7. The molecule has 0 heterocycles. The third-order valence-corrected chi connectivity index (χ3v) is 3.29. The van der Waals surface area contributed by atoms with Gasteiger partial charge in [0.2, 0.25) is 0 Å². The predicted molar refractivity (Wildman–Crippen MR) is 77.5 cm³/mol. The number of aliphatic hydroxyl groups is 1. The van der Waals surface area contributed by atoms with Gasteiger partial charge < -0.3 is 9.84 Å². The van der Waals surface area contributed by atoms with Crippen molar-refractivity contribution in [1.29, 1.82) is 0 Å². The molecule has 1 unspecified atom stereocenters. The molecule has 2 aromatic rings. The molecule has 2 nitrogen and oxygen atoms in total. The van der Waals surface area contributed by atoms with Gasteiger partial charge in [-0.25, -0.2) is 0 Å². The van der Waals surface area contributed by atoms with Crippen molar-refractivity contribution in [2.45, 2.75) is 25.9 Å². The molecule has 2 heteroatoms. The van der Waals surface area contributed by atoms with Crippen LogP contribution in [0.2, 0.25) is 0 Å². The van der Waals surface area contributed by atoms with Gasteiger partial charge in [0.15, 0.2) is 0 Å². The summed E-state index contributed by atoms with van der Waals surface area (Å²) in [5.74, 6) is 0.814. The topological polar surface area (TPSA) is 29.5 Å². The van der Waals surface area contributed by atoms with Crippen molar-refractivity contribution in [2.24, 2.45) is 0 Å². The predicted octanol–water partition coefficient (Wildman–Crippen LogP) is 3.67. The fraction of sp³-hybridized carbons (Fsp3) is 0.294. The van der Waals surface area contributed by atoms with Gasteiger partial charge in [-0.05, 0) is 43.0 Å². The summed E-state index contributed by atoms with van der Waals surface area (Å²) in [6.07, 6.45) is 1.19. The lowest BCUT2D eigenvalue weighted by atomic mass is 10.0. The number of hydrogen-bond donors (Lipinski definition) is 1. The molecule has 0 aliphatic carbocycles.